The van der Waals surface area contributed by atoms with Crippen LogP contribution in [0.2, 0.25) is 0 Å². The highest BCUT2D eigenvalue weighted by Crippen LogP contribution is 2.50. The zero-order chi connectivity index (χ0) is 24.2. The molecule has 2 aromatic heterocycles. The second kappa shape index (κ2) is 8.47. The lowest BCUT2D eigenvalue weighted by atomic mass is 9.85. The number of fused-ring (bicyclic) bond motifs is 4. The van der Waals surface area contributed by atoms with Crippen LogP contribution in [0.25, 0.3) is 6.08 Å². The highest BCUT2D eigenvalue weighted by atomic mass is 32.2. The van der Waals surface area contributed by atoms with Gasteiger partial charge in [-0.15, -0.1) is 0 Å². The molecular formula is C23H29N5O5S. The number of hydrogen-bond acceptors (Lipinski definition) is 6. The van der Waals surface area contributed by atoms with Crippen LogP contribution < -0.4 is 10.9 Å². The number of sulfonamides is 1. The normalized spacial score (nSPS) is 27.0. The van der Waals surface area contributed by atoms with E-state index in [0.717, 1.165) is 19.3 Å². The predicted octanol–water partition coefficient (Wildman–Crippen LogP) is 0.636. The fraction of sp³-hybridized carbons (Fsp3) is 0.522. The van der Waals surface area contributed by atoms with Crippen LogP contribution >= 0.6 is 0 Å². The van der Waals surface area contributed by atoms with Gasteiger partial charge in [0, 0.05) is 55.7 Å². The van der Waals surface area contributed by atoms with Crippen molar-refractivity contribution in [1.29, 1.82) is 0 Å². The number of carbonyl (C=O) groups excluding carboxylic acids is 1. The number of carbonyl (C=O) groups is 1. The van der Waals surface area contributed by atoms with Crippen molar-refractivity contribution in [2.45, 2.75) is 55.9 Å². The molecule has 34 heavy (non-hydrogen) atoms. The van der Waals surface area contributed by atoms with Crippen molar-refractivity contribution < 1.29 is 18.3 Å². The second-order valence-electron chi connectivity index (χ2n) is 9.36. The standard InChI is InChI=1S/C23H29N5O5S/c1-3-5-14-8-9-17-21-20(22(30)25-15-6-4-7-15)16(12-29)18(10-27(17)23(14)31)28(21)34(32,33)19-11-26(2)13-24-19/h3,5,8-9,11,13,15-16,18,20-21,29H,4,6-7,10,12H2,1-2H3,(H,25,30)/t16-,18-,20+,21+/m1/s1. The van der Waals surface area contributed by atoms with Crippen LogP contribution in [-0.4, -0.2) is 56.5 Å². The number of aliphatic hydroxyl groups is 1. The number of nitrogens with one attached hydrogen (secondary N) is 1. The van der Waals surface area contributed by atoms with E-state index < -0.39 is 33.9 Å². The van der Waals surface area contributed by atoms with Gasteiger partial charge in [-0.1, -0.05) is 12.2 Å². The first kappa shape index (κ1) is 23.0. The van der Waals surface area contributed by atoms with Gasteiger partial charge in [-0.2, -0.15) is 4.31 Å². The van der Waals surface area contributed by atoms with Gasteiger partial charge in [-0.05, 0) is 38.3 Å². The van der Waals surface area contributed by atoms with Crippen molar-refractivity contribution in [2.24, 2.45) is 18.9 Å². The summed E-state index contributed by atoms with van der Waals surface area (Å²) in [5.74, 6) is -1.77. The number of imidazole rings is 1. The summed E-state index contributed by atoms with van der Waals surface area (Å²) in [7, 11) is -2.42. The molecule has 0 aromatic carbocycles. The molecule has 1 saturated heterocycles. The Labute approximate surface area is 198 Å². The Kier molecular flexibility index (Phi) is 5.73. The number of rotatable bonds is 6. The number of aliphatic hydroxyl groups excluding tert-OH is 1. The molecule has 4 atom stereocenters. The minimum atomic E-state index is -4.10. The number of aryl methyl sites for hydroxylation is 1. The summed E-state index contributed by atoms with van der Waals surface area (Å²) in [5, 5.41) is 13.3. The number of nitrogens with zero attached hydrogens (tertiary/aromatic N) is 4. The molecule has 0 spiro atoms. The average molecular weight is 488 g/mol. The lowest BCUT2D eigenvalue weighted by Crippen LogP contribution is -2.49. The summed E-state index contributed by atoms with van der Waals surface area (Å²) < 4.78 is 32.0. The van der Waals surface area contributed by atoms with E-state index in [-0.39, 0.29) is 35.7 Å². The van der Waals surface area contributed by atoms with Gasteiger partial charge in [-0.25, -0.2) is 13.4 Å². The molecule has 11 heteroatoms. The van der Waals surface area contributed by atoms with E-state index in [1.807, 2.05) is 6.92 Å². The molecule has 2 N–H and O–H groups in total. The van der Waals surface area contributed by atoms with Crippen molar-refractivity contribution in [3.8, 4) is 0 Å². The van der Waals surface area contributed by atoms with Crippen molar-refractivity contribution in [1.82, 2.24) is 23.7 Å². The monoisotopic (exact) mass is 487 g/mol. The van der Waals surface area contributed by atoms with Crippen molar-refractivity contribution in [3.63, 3.8) is 0 Å². The van der Waals surface area contributed by atoms with Crippen molar-refractivity contribution in [3.05, 3.63) is 52.3 Å². The van der Waals surface area contributed by atoms with Crippen LogP contribution in [0.15, 0.2) is 40.6 Å². The van der Waals surface area contributed by atoms with E-state index in [1.54, 1.807) is 40.5 Å². The summed E-state index contributed by atoms with van der Waals surface area (Å²) in [4.78, 5) is 30.8. The summed E-state index contributed by atoms with van der Waals surface area (Å²) in [6, 6.07) is 1.77. The van der Waals surface area contributed by atoms with E-state index in [1.165, 1.54) is 16.8 Å². The van der Waals surface area contributed by atoms with Gasteiger partial charge in [0.25, 0.3) is 15.6 Å². The average Bonchev–Trinajstić information content (AvgIpc) is 3.32. The molecular weight excluding hydrogens is 458 g/mol. The first-order valence-corrected chi connectivity index (χ1v) is 13.0. The summed E-state index contributed by atoms with van der Waals surface area (Å²) in [5.41, 5.74) is 0.707. The lowest BCUT2D eigenvalue weighted by molar-refractivity contribution is -0.128. The van der Waals surface area contributed by atoms with Crippen LogP contribution in [0.5, 0.6) is 0 Å². The van der Waals surface area contributed by atoms with Gasteiger partial charge in [0.05, 0.1) is 18.3 Å². The third-order valence-electron chi connectivity index (χ3n) is 7.34. The Hall–Kier alpha value is -2.76. The molecule has 5 rings (SSSR count). The molecule has 0 radical (unpaired) electrons. The van der Waals surface area contributed by atoms with E-state index >= 15 is 0 Å². The SMILES string of the molecule is CC=Cc1ccc2n(c1=O)C[C@@H]1[C@@H](CO)[C@H](C(=O)NC3CCC3)[C@H]2N1S(=O)(=O)c1cn(C)cn1. The Balaban J connectivity index is 1.67. The number of pyridine rings is 1. The molecule has 3 aliphatic rings. The highest BCUT2D eigenvalue weighted by Gasteiger charge is 2.60. The van der Waals surface area contributed by atoms with Crippen molar-refractivity contribution in [2.75, 3.05) is 6.61 Å². The summed E-state index contributed by atoms with van der Waals surface area (Å²) in [6.45, 7) is 1.50. The molecule has 1 amide bonds. The highest BCUT2D eigenvalue weighted by molar-refractivity contribution is 7.89. The predicted molar refractivity (Wildman–Crippen MR) is 124 cm³/mol. The molecule has 1 aliphatic carbocycles. The topological polar surface area (TPSA) is 127 Å². The molecule has 2 fully saturated rings. The van der Waals surface area contributed by atoms with Gasteiger partial charge >= 0.3 is 0 Å². The lowest BCUT2D eigenvalue weighted by Gasteiger charge is -2.37. The van der Waals surface area contributed by atoms with Crippen LogP contribution in [0.1, 0.15) is 43.5 Å². The van der Waals surface area contributed by atoms with E-state index in [4.69, 9.17) is 0 Å². The largest absolute Gasteiger partial charge is 0.396 e. The summed E-state index contributed by atoms with van der Waals surface area (Å²) >= 11 is 0. The number of hydrogen-bond donors (Lipinski definition) is 2. The van der Waals surface area contributed by atoms with Gasteiger partial charge in [0.2, 0.25) is 5.91 Å². The molecule has 182 valence electrons. The van der Waals surface area contributed by atoms with Crippen molar-refractivity contribution >= 4 is 22.0 Å². The third-order valence-corrected chi connectivity index (χ3v) is 9.13. The van der Waals surface area contributed by atoms with E-state index in [0.29, 0.717) is 11.3 Å². The van der Waals surface area contributed by atoms with Crippen LogP contribution in [0.4, 0.5) is 0 Å². The molecule has 2 aromatic rings. The molecule has 1 saturated carbocycles. The smallest absolute Gasteiger partial charge is 0.263 e. The van der Waals surface area contributed by atoms with Gasteiger partial charge in [0.1, 0.15) is 0 Å². The summed E-state index contributed by atoms with van der Waals surface area (Å²) in [6.07, 6.45) is 9.11. The zero-order valence-electron chi connectivity index (χ0n) is 19.2. The maximum Gasteiger partial charge on any atom is 0.263 e. The number of allylic oxidation sites excluding steroid dienone is 1. The van der Waals surface area contributed by atoms with Gasteiger partial charge in [-0.3, -0.25) is 9.59 Å². The van der Waals surface area contributed by atoms with Crippen LogP contribution in [0, 0.1) is 11.8 Å². The van der Waals surface area contributed by atoms with Crippen LogP contribution in [-0.2, 0) is 28.4 Å². The molecule has 0 unspecified atom stereocenters. The first-order chi connectivity index (χ1) is 16.3. The zero-order valence-corrected chi connectivity index (χ0v) is 20.0. The second-order valence-corrected chi connectivity index (χ2v) is 11.2. The fourth-order valence-corrected chi connectivity index (χ4v) is 7.30. The Morgan fingerprint density at radius 1 is 1.32 bits per heavy atom. The quantitative estimate of drug-likeness (QED) is 0.616. The molecule has 10 nitrogen and oxygen atoms in total. The Bertz CT molecular complexity index is 1310. The minimum Gasteiger partial charge on any atom is -0.396 e. The minimum absolute atomic E-state index is 0.0561. The molecule has 4 heterocycles. The Morgan fingerprint density at radius 2 is 2.09 bits per heavy atom. The first-order valence-electron chi connectivity index (χ1n) is 11.6. The third kappa shape index (κ3) is 3.45. The fourth-order valence-electron chi connectivity index (χ4n) is 5.49. The molecule has 2 aliphatic heterocycles. The van der Waals surface area contributed by atoms with E-state index in [2.05, 4.69) is 10.3 Å². The van der Waals surface area contributed by atoms with E-state index in [9.17, 15) is 23.1 Å². The molecule has 2 bridgehead atoms. The van der Waals surface area contributed by atoms with Crippen LogP contribution in [0.3, 0.4) is 0 Å². The van der Waals surface area contributed by atoms with Gasteiger partial charge < -0.3 is 19.6 Å². The number of aromatic nitrogens is 3. The maximum atomic E-state index is 13.8. The Morgan fingerprint density at radius 3 is 2.68 bits per heavy atom. The number of amides is 1. The maximum absolute atomic E-state index is 13.8. The van der Waals surface area contributed by atoms with Gasteiger partial charge in [0.15, 0.2) is 5.03 Å².